The maximum atomic E-state index is 12.4. The molecule has 1 aliphatic heterocycles. The molecule has 2 aliphatic rings. The van der Waals surface area contributed by atoms with E-state index in [-0.39, 0.29) is 17.7 Å². The van der Waals surface area contributed by atoms with Crippen LogP contribution in [0.15, 0.2) is 4.42 Å². The van der Waals surface area contributed by atoms with E-state index < -0.39 is 0 Å². The quantitative estimate of drug-likeness (QED) is 0.905. The predicted molar refractivity (Wildman–Crippen MR) is 85.8 cm³/mol. The van der Waals surface area contributed by atoms with Crippen molar-refractivity contribution in [2.75, 3.05) is 6.61 Å². The molecule has 3 rings (SSSR count). The van der Waals surface area contributed by atoms with Crippen LogP contribution in [0, 0.1) is 6.92 Å². The third kappa shape index (κ3) is 3.50. The van der Waals surface area contributed by atoms with Gasteiger partial charge < -0.3 is 14.5 Å². The summed E-state index contributed by atoms with van der Waals surface area (Å²) in [6, 6.07) is 0.0592. The van der Waals surface area contributed by atoms with Gasteiger partial charge in [0.1, 0.15) is 5.76 Å². The molecule has 5 heteroatoms. The van der Waals surface area contributed by atoms with Crippen molar-refractivity contribution in [2.24, 2.45) is 0 Å². The van der Waals surface area contributed by atoms with Crippen molar-refractivity contribution in [3.05, 3.63) is 22.6 Å². The number of ketones is 1. The van der Waals surface area contributed by atoms with Gasteiger partial charge in [-0.1, -0.05) is 0 Å². The third-order valence-corrected chi connectivity index (χ3v) is 4.84. The van der Waals surface area contributed by atoms with Gasteiger partial charge >= 0.3 is 0 Å². The molecule has 2 heterocycles. The molecule has 126 valence electrons. The number of rotatable bonds is 5. The zero-order valence-electron chi connectivity index (χ0n) is 13.9. The summed E-state index contributed by atoms with van der Waals surface area (Å²) in [5.74, 6) is 0.854. The second-order valence-corrected chi connectivity index (χ2v) is 6.72. The van der Waals surface area contributed by atoms with Gasteiger partial charge in [-0.3, -0.25) is 9.59 Å². The second-order valence-electron chi connectivity index (χ2n) is 6.72. The van der Waals surface area contributed by atoms with Gasteiger partial charge in [-0.05, 0) is 46.0 Å². The second kappa shape index (κ2) is 6.87. The minimum absolute atomic E-state index is 0.0592. The molecule has 0 bridgehead atoms. The van der Waals surface area contributed by atoms with E-state index in [9.17, 15) is 9.59 Å². The van der Waals surface area contributed by atoms with Crippen molar-refractivity contribution in [1.29, 1.82) is 0 Å². The molecule has 0 unspecified atom stereocenters. The predicted octanol–water partition coefficient (Wildman–Crippen LogP) is 3.18. The standard InChI is InChI=1S/C18H25NO4/c1-11(8-9-13-5-4-10-22-13)19-18(21)17-12(2)16-14(20)6-3-7-15(16)23-17/h11,13H,3-10H2,1-2H3,(H,19,21)/t11-,13+/m0/s1. The molecular weight excluding hydrogens is 294 g/mol. The molecule has 1 aliphatic carbocycles. The monoisotopic (exact) mass is 319 g/mol. The van der Waals surface area contributed by atoms with Crippen LogP contribution in [0.3, 0.4) is 0 Å². The van der Waals surface area contributed by atoms with Gasteiger partial charge in [-0.2, -0.15) is 0 Å². The van der Waals surface area contributed by atoms with E-state index in [1.807, 2.05) is 6.92 Å². The molecule has 0 spiro atoms. The molecule has 0 radical (unpaired) electrons. The highest BCUT2D eigenvalue weighted by Crippen LogP contribution is 2.29. The number of nitrogens with one attached hydrogen (secondary N) is 1. The van der Waals surface area contributed by atoms with Crippen LogP contribution in [-0.2, 0) is 11.2 Å². The minimum Gasteiger partial charge on any atom is -0.455 e. The lowest BCUT2D eigenvalue weighted by atomic mass is 9.94. The van der Waals surface area contributed by atoms with Crippen LogP contribution in [0.1, 0.15) is 77.7 Å². The van der Waals surface area contributed by atoms with Crippen LogP contribution in [0.5, 0.6) is 0 Å². The number of carbonyl (C=O) groups excluding carboxylic acids is 2. The minimum atomic E-state index is -0.218. The molecule has 23 heavy (non-hydrogen) atoms. The first-order chi connectivity index (χ1) is 11.1. The van der Waals surface area contributed by atoms with E-state index in [4.69, 9.17) is 9.15 Å². The first-order valence-electron chi connectivity index (χ1n) is 8.64. The Morgan fingerprint density at radius 2 is 2.17 bits per heavy atom. The lowest BCUT2D eigenvalue weighted by Crippen LogP contribution is -2.33. The molecule has 1 amide bonds. The van der Waals surface area contributed by atoms with Crippen LogP contribution in [0.2, 0.25) is 0 Å². The van der Waals surface area contributed by atoms with Gasteiger partial charge in [0.05, 0.1) is 11.7 Å². The Morgan fingerprint density at radius 1 is 1.35 bits per heavy atom. The van der Waals surface area contributed by atoms with E-state index in [2.05, 4.69) is 5.32 Å². The number of amides is 1. The molecule has 1 aromatic rings. The first kappa shape index (κ1) is 16.2. The topological polar surface area (TPSA) is 68.5 Å². The van der Waals surface area contributed by atoms with E-state index >= 15 is 0 Å². The molecule has 1 fully saturated rings. The van der Waals surface area contributed by atoms with Gasteiger partial charge in [0.25, 0.3) is 5.91 Å². The number of hydrogen-bond acceptors (Lipinski definition) is 4. The summed E-state index contributed by atoms with van der Waals surface area (Å²) in [7, 11) is 0. The Morgan fingerprint density at radius 3 is 2.87 bits per heavy atom. The fraction of sp³-hybridized carbons (Fsp3) is 0.667. The highest BCUT2D eigenvalue weighted by Gasteiger charge is 2.29. The lowest BCUT2D eigenvalue weighted by Gasteiger charge is -2.15. The number of fused-ring (bicyclic) bond motifs is 1. The number of carbonyl (C=O) groups is 2. The fourth-order valence-electron chi connectivity index (χ4n) is 3.53. The number of ether oxygens (including phenoxy) is 1. The van der Waals surface area contributed by atoms with Gasteiger partial charge in [-0.25, -0.2) is 0 Å². The molecule has 5 nitrogen and oxygen atoms in total. The highest BCUT2D eigenvalue weighted by atomic mass is 16.5. The largest absolute Gasteiger partial charge is 0.455 e. The molecule has 2 atom stereocenters. The van der Waals surface area contributed by atoms with E-state index in [0.29, 0.717) is 35.2 Å². The highest BCUT2D eigenvalue weighted by molar-refractivity contribution is 6.03. The smallest absolute Gasteiger partial charge is 0.287 e. The Hall–Kier alpha value is -1.62. The van der Waals surface area contributed by atoms with Crippen molar-refractivity contribution in [2.45, 2.75) is 70.9 Å². The maximum Gasteiger partial charge on any atom is 0.287 e. The van der Waals surface area contributed by atoms with Gasteiger partial charge in [0, 0.05) is 31.1 Å². The van der Waals surface area contributed by atoms with Crippen molar-refractivity contribution >= 4 is 11.7 Å². The van der Waals surface area contributed by atoms with Crippen LogP contribution in [0.25, 0.3) is 0 Å². The molecule has 1 N–H and O–H groups in total. The Balaban J connectivity index is 1.60. The number of hydrogen-bond donors (Lipinski definition) is 1. The van der Waals surface area contributed by atoms with Crippen molar-refractivity contribution < 1.29 is 18.7 Å². The summed E-state index contributed by atoms with van der Waals surface area (Å²) in [5.41, 5.74) is 1.32. The maximum absolute atomic E-state index is 12.4. The van der Waals surface area contributed by atoms with Crippen molar-refractivity contribution in [1.82, 2.24) is 5.32 Å². The SMILES string of the molecule is Cc1c(C(=O)N[C@@H](C)CC[C@H]2CCCO2)oc2c1C(=O)CCC2. The molecule has 0 aromatic carbocycles. The first-order valence-corrected chi connectivity index (χ1v) is 8.64. The summed E-state index contributed by atoms with van der Waals surface area (Å²) in [6.07, 6.45) is 6.53. The van der Waals surface area contributed by atoms with Gasteiger partial charge in [0.15, 0.2) is 11.5 Å². The average molecular weight is 319 g/mol. The van der Waals surface area contributed by atoms with Crippen LogP contribution < -0.4 is 5.32 Å². The summed E-state index contributed by atoms with van der Waals surface area (Å²) in [4.78, 5) is 24.5. The fourth-order valence-corrected chi connectivity index (χ4v) is 3.53. The normalized spacial score (nSPS) is 22.0. The Kier molecular flexibility index (Phi) is 4.85. The van der Waals surface area contributed by atoms with Crippen LogP contribution in [0.4, 0.5) is 0 Å². The Labute approximate surface area is 136 Å². The number of Topliss-reactive ketones (excluding diaryl/α,β-unsaturated/α-hetero) is 1. The van der Waals surface area contributed by atoms with Crippen LogP contribution >= 0.6 is 0 Å². The summed E-state index contributed by atoms with van der Waals surface area (Å²) in [5, 5.41) is 2.99. The third-order valence-electron chi connectivity index (χ3n) is 4.84. The Bertz CT molecular complexity index is 598. The van der Waals surface area contributed by atoms with E-state index in [1.165, 1.54) is 0 Å². The summed E-state index contributed by atoms with van der Waals surface area (Å²) < 4.78 is 11.3. The van der Waals surface area contributed by atoms with Crippen molar-refractivity contribution in [3.63, 3.8) is 0 Å². The van der Waals surface area contributed by atoms with E-state index in [1.54, 1.807) is 6.92 Å². The molecular formula is C18H25NO4. The zero-order valence-corrected chi connectivity index (χ0v) is 13.9. The lowest BCUT2D eigenvalue weighted by molar-refractivity contribution is 0.0874. The van der Waals surface area contributed by atoms with Gasteiger partial charge in [-0.15, -0.1) is 0 Å². The number of furan rings is 1. The van der Waals surface area contributed by atoms with Crippen LogP contribution in [-0.4, -0.2) is 30.4 Å². The average Bonchev–Trinajstić information content (AvgIpc) is 3.14. The summed E-state index contributed by atoms with van der Waals surface area (Å²) in [6.45, 7) is 4.66. The number of aryl methyl sites for hydroxylation is 1. The van der Waals surface area contributed by atoms with E-state index in [0.717, 1.165) is 45.1 Å². The molecule has 0 saturated carbocycles. The van der Waals surface area contributed by atoms with Crippen molar-refractivity contribution in [3.8, 4) is 0 Å². The summed E-state index contributed by atoms with van der Waals surface area (Å²) >= 11 is 0. The molecule has 1 saturated heterocycles. The van der Waals surface area contributed by atoms with Gasteiger partial charge in [0.2, 0.25) is 0 Å². The zero-order chi connectivity index (χ0) is 16.4. The molecule has 1 aromatic heterocycles.